The molecule has 1 aliphatic heterocycles. The fourth-order valence-electron chi connectivity index (χ4n) is 2.75. The molecule has 2 rings (SSSR count). The molecule has 1 aromatic heterocycles. The van der Waals surface area contributed by atoms with Gasteiger partial charge in [0, 0.05) is 24.7 Å². The molecule has 0 saturated heterocycles. The van der Waals surface area contributed by atoms with E-state index < -0.39 is 0 Å². The second-order valence-electron chi connectivity index (χ2n) is 5.18. The van der Waals surface area contributed by atoms with Crippen LogP contribution < -0.4 is 5.32 Å². The highest BCUT2D eigenvalue weighted by molar-refractivity contribution is 5.24. The lowest BCUT2D eigenvalue weighted by Crippen LogP contribution is -2.18. The summed E-state index contributed by atoms with van der Waals surface area (Å²) in [5.41, 5.74) is 2.74. The van der Waals surface area contributed by atoms with Crippen LogP contribution in [0.25, 0.3) is 0 Å². The fourth-order valence-corrected chi connectivity index (χ4v) is 2.75. The largest absolute Gasteiger partial charge is 0.331 e. The Morgan fingerprint density at radius 1 is 1.50 bits per heavy atom. The van der Waals surface area contributed by atoms with Crippen molar-refractivity contribution in [2.45, 2.75) is 58.5 Å². The predicted molar refractivity (Wildman–Crippen MR) is 66.7 cm³/mol. The minimum absolute atomic E-state index is 0.523. The molecule has 1 unspecified atom stereocenters. The minimum atomic E-state index is 0.523. The van der Waals surface area contributed by atoms with Crippen LogP contribution in [0.1, 0.15) is 62.7 Å². The highest BCUT2D eigenvalue weighted by Gasteiger charge is 2.25. The van der Waals surface area contributed by atoms with Crippen molar-refractivity contribution in [1.29, 1.82) is 0 Å². The van der Waals surface area contributed by atoms with Gasteiger partial charge in [0.2, 0.25) is 0 Å². The van der Waals surface area contributed by atoms with Crippen LogP contribution >= 0.6 is 0 Å². The normalized spacial score (nSPS) is 20.2. The van der Waals surface area contributed by atoms with E-state index >= 15 is 0 Å². The molecule has 16 heavy (non-hydrogen) atoms. The third-order valence-electron chi connectivity index (χ3n) is 3.46. The van der Waals surface area contributed by atoms with E-state index in [2.05, 4.69) is 30.7 Å². The molecule has 0 amide bonds. The third kappa shape index (κ3) is 1.88. The standard InChI is InChI=1S/C13H23N3/c1-9(2)13-15-11(8-14-4)12-10(3)6-5-7-16(12)13/h9-10,14H,5-8H2,1-4H3. The van der Waals surface area contributed by atoms with Gasteiger partial charge in [-0.2, -0.15) is 0 Å². The maximum Gasteiger partial charge on any atom is 0.111 e. The van der Waals surface area contributed by atoms with Crippen LogP contribution in [0.5, 0.6) is 0 Å². The van der Waals surface area contributed by atoms with E-state index in [1.807, 2.05) is 7.05 Å². The molecule has 1 aromatic rings. The van der Waals surface area contributed by atoms with Gasteiger partial charge in [0.25, 0.3) is 0 Å². The van der Waals surface area contributed by atoms with E-state index in [1.54, 1.807) is 0 Å². The van der Waals surface area contributed by atoms with Gasteiger partial charge < -0.3 is 9.88 Å². The first-order valence-electron chi connectivity index (χ1n) is 6.39. The number of nitrogens with zero attached hydrogens (tertiary/aromatic N) is 2. The molecule has 0 saturated carbocycles. The number of hydrogen-bond acceptors (Lipinski definition) is 2. The molecule has 0 spiro atoms. The van der Waals surface area contributed by atoms with Crippen molar-refractivity contribution in [3.63, 3.8) is 0 Å². The summed E-state index contributed by atoms with van der Waals surface area (Å²) in [5, 5.41) is 3.23. The topological polar surface area (TPSA) is 29.9 Å². The number of rotatable bonds is 3. The number of fused-ring (bicyclic) bond motifs is 1. The Labute approximate surface area is 98.3 Å². The summed E-state index contributed by atoms with van der Waals surface area (Å²) >= 11 is 0. The van der Waals surface area contributed by atoms with Crippen molar-refractivity contribution < 1.29 is 0 Å². The van der Waals surface area contributed by atoms with Gasteiger partial charge in [0.15, 0.2) is 0 Å². The maximum atomic E-state index is 4.83. The van der Waals surface area contributed by atoms with Crippen LogP contribution in [0.4, 0.5) is 0 Å². The average molecular weight is 221 g/mol. The molecule has 3 heteroatoms. The van der Waals surface area contributed by atoms with Gasteiger partial charge in [-0.05, 0) is 25.8 Å². The Balaban J connectivity index is 2.47. The van der Waals surface area contributed by atoms with Gasteiger partial charge in [-0.15, -0.1) is 0 Å². The smallest absolute Gasteiger partial charge is 0.111 e. The van der Waals surface area contributed by atoms with Gasteiger partial charge in [0.1, 0.15) is 5.82 Å². The van der Waals surface area contributed by atoms with Crippen LogP contribution in [0.3, 0.4) is 0 Å². The van der Waals surface area contributed by atoms with Crippen molar-refractivity contribution in [1.82, 2.24) is 14.9 Å². The SMILES string of the molecule is CNCc1nc(C(C)C)n2c1C(C)CCC2. The van der Waals surface area contributed by atoms with Crippen LogP contribution in [0, 0.1) is 0 Å². The third-order valence-corrected chi connectivity index (χ3v) is 3.46. The van der Waals surface area contributed by atoms with Gasteiger partial charge in [-0.25, -0.2) is 4.98 Å². The average Bonchev–Trinajstić information content (AvgIpc) is 2.59. The van der Waals surface area contributed by atoms with E-state index in [0.29, 0.717) is 11.8 Å². The Morgan fingerprint density at radius 3 is 2.88 bits per heavy atom. The van der Waals surface area contributed by atoms with E-state index in [0.717, 1.165) is 13.1 Å². The van der Waals surface area contributed by atoms with Crippen LogP contribution in [0.15, 0.2) is 0 Å². The Morgan fingerprint density at radius 2 is 2.25 bits per heavy atom. The summed E-state index contributed by atoms with van der Waals surface area (Å²) < 4.78 is 2.46. The molecule has 0 aliphatic carbocycles. The summed E-state index contributed by atoms with van der Waals surface area (Å²) in [6.07, 6.45) is 2.60. The van der Waals surface area contributed by atoms with Crippen molar-refractivity contribution in [2.24, 2.45) is 0 Å². The molecular weight excluding hydrogens is 198 g/mol. The van der Waals surface area contributed by atoms with E-state index in [1.165, 1.54) is 30.1 Å². The first-order valence-corrected chi connectivity index (χ1v) is 6.39. The maximum absolute atomic E-state index is 4.83. The van der Waals surface area contributed by atoms with Gasteiger partial charge in [-0.1, -0.05) is 20.8 Å². The molecule has 2 heterocycles. The van der Waals surface area contributed by atoms with Crippen molar-refractivity contribution in [3.8, 4) is 0 Å². The second kappa shape index (κ2) is 4.58. The Bertz CT molecular complexity index is 365. The molecular formula is C13H23N3. The van der Waals surface area contributed by atoms with Crippen LogP contribution in [-0.2, 0) is 13.1 Å². The minimum Gasteiger partial charge on any atom is -0.331 e. The van der Waals surface area contributed by atoms with E-state index in [9.17, 15) is 0 Å². The lowest BCUT2D eigenvalue weighted by molar-refractivity contribution is 0.454. The summed E-state index contributed by atoms with van der Waals surface area (Å²) in [7, 11) is 1.99. The van der Waals surface area contributed by atoms with Crippen LogP contribution in [-0.4, -0.2) is 16.6 Å². The lowest BCUT2D eigenvalue weighted by Gasteiger charge is -2.24. The van der Waals surface area contributed by atoms with Gasteiger partial charge in [-0.3, -0.25) is 0 Å². The molecule has 0 radical (unpaired) electrons. The van der Waals surface area contributed by atoms with E-state index in [-0.39, 0.29) is 0 Å². The predicted octanol–water partition coefficient (Wildman–Crippen LogP) is 2.62. The molecule has 90 valence electrons. The monoisotopic (exact) mass is 221 g/mol. The molecule has 0 bridgehead atoms. The van der Waals surface area contributed by atoms with Crippen molar-refractivity contribution in [3.05, 3.63) is 17.2 Å². The number of nitrogens with one attached hydrogen (secondary N) is 1. The van der Waals surface area contributed by atoms with E-state index in [4.69, 9.17) is 4.98 Å². The van der Waals surface area contributed by atoms with Crippen LogP contribution in [0.2, 0.25) is 0 Å². The summed E-state index contributed by atoms with van der Waals surface area (Å²) in [5.74, 6) is 2.46. The fraction of sp³-hybridized carbons (Fsp3) is 0.769. The molecule has 1 aliphatic rings. The Hall–Kier alpha value is -0.830. The zero-order valence-corrected chi connectivity index (χ0v) is 10.9. The number of aromatic nitrogens is 2. The second-order valence-corrected chi connectivity index (χ2v) is 5.18. The van der Waals surface area contributed by atoms with Crippen molar-refractivity contribution >= 4 is 0 Å². The summed E-state index contributed by atoms with van der Waals surface area (Å²) in [6.45, 7) is 8.85. The van der Waals surface area contributed by atoms with Gasteiger partial charge in [0.05, 0.1) is 5.69 Å². The first kappa shape index (κ1) is 11.6. The zero-order chi connectivity index (χ0) is 11.7. The molecule has 0 fully saturated rings. The number of imidazole rings is 1. The molecule has 1 N–H and O–H groups in total. The molecule has 3 nitrogen and oxygen atoms in total. The molecule has 1 atom stereocenters. The highest BCUT2D eigenvalue weighted by Crippen LogP contribution is 2.32. The molecule has 0 aromatic carbocycles. The summed E-state index contributed by atoms with van der Waals surface area (Å²) in [6, 6.07) is 0. The highest BCUT2D eigenvalue weighted by atomic mass is 15.1. The Kier molecular flexibility index (Phi) is 3.33. The quantitative estimate of drug-likeness (QED) is 0.850. The number of hydrogen-bond donors (Lipinski definition) is 1. The van der Waals surface area contributed by atoms with Gasteiger partial charge >= 0.3 is 0 Å². The zero-order valence-electron chi connectivity index (χ0n) is 10.9. The summed E-state index contributed by atoms with van der Waals surface area (Å²) in [4.78, 5) is 4.83. The van der Waals surface area contributed by atoms with Crippen molar-refractivity contribution in [2.75, 3.05) is 7.05 Å². The lowest BCUT2D eigenvalue weighted by atomic mass is 9.96. The first-order chi connectivity index (χ1) is 7.65.